The van der Waals surface area contributed by atoms with E-state index in [1.54, 1.807) is 4.52 Å². The fourth-order valence-corrected chi connectivity index (χ4v) is 5.06. The van der Waals surface area contributed by atoms with Crippen molar-refractivity contribution < 1.29 is 31.5 Å². The number of carbonyl (C=O) groups is 1. The van der Waals surface area contributed by atoms with Crippen molar-refractivity contribution in [3.05, 3.63) is 71.7 Å². The molecule has 2 aromatic heterocycles. The van der Waals surface area contributed by atoms with E-state index >= 15 is 4.39 Å². The number of urea groups is 1. The molecule has 1 unspecified atom stereocenters. The van der Waals surface area contributed by atoms with Gasteiger partial charge in [0.05, 0.1) is 5.56 Å². The van der Waals surface area contributed by atoms with Crippen LogP contribution in [0.1, 0.15) is 11.3 Å². The standard InChI is InChI=1S/C25H22AsF5N6O2/c26-23-22-18(11-16(37(22)33-13-32-23)12-36-5-7-39-8-6-36)17-3-2-15(10-20(17)28)34-24(38)35-21-9-14(25(29,30)31)1-4-19(21)27/h1-4,9-11,13H,5-8,12,26H2,(H2,34,35,38). The van der Waals surface area contributed by atoms with E-state index in [4.69, 9.17) is 4.74 Å². The van der Waals surface area contributed by atoms with Crippen molar-refractivity contribution in [3.63, 3.8) is 0 Å². The van der Waals surface area contributed by atoms with Gasteiger partial charge in [0.1, 0.15) is 0 Å². The van der Waals surface area contributed by atoms with E-state index in [1.165, 1.54) is 35.3 Å². The number of benzene rings is 2. The maximum absolute atomic E-state index is 15.4. The number of ether oxygens (including phenoxy) is 1. The first-order valence-electron chi connectivity index (χ1n) is 11.8. The number of halogens is 5. The van der Waals surface area contributed by atoms with Crippen LogP contribution in [0.3, 0.4) is 0 Å². The van der Waals surface area contributed by atoms with Crippen LogP contribution in [0.25, 0.3) is 16.6 Å². The number of carbonyl (C=O) groups excluding carboxylic acids is 1. The van der Waals surface area contributed by atoms with Crippen LogP contribution in [-0.4, -0.2) is 68.7 Å². The third kappa shape index (κ3) is 5.90. The van der Waals surface area contributed by atoms with Crippen molar-refractivity contribution in [3.8, 4) is 11.1 Å². The third-order valence-electron chi connectivity index (χ3n) is 6.20. The van der Waals surface area contributed by atoms with Gasteiger partial charge in [-0.2, -0.15) is 13.2 Å². The molecule has 0 bridgehead atoms. The summed E-state index contributed by atoms with van der Waals surface area (Å²) in [6.45, 7) is 3.37. The van der Waals surface area contributed by atoms with Crippen LogP contribution >= 0.6 is 0 Å². The van der Waals surface area contributed by atoms with Crippen LogP contribution in [-0.2, 0) is 17.5 Å². The average Bonchev–Trinajstić information content (AvgIpc) is 3.24. The molecule has 1 saturated heterocycles. The van der Waals surface area contributed by atoms with Gasteiger partial charge >= 0.3 is 192 Å². The summed E-state index contributed by atoms with van der Waals surface area (Å²) in [5.41, 5.74) is 0.593. The molecule has 0 radical (unpaired) electrons. The van der Waals surface area contributed by atoms with Crippen molar-refractivity contribution in [2.24, 2.45) is 0 Å². The van der Waals surface area contributed by atoms with Crippen LogP contribution in [0.2, 0.25) is 0 Å². The molecule has 2 aromatic carbocycles. The molecule has 2 N–H and O–H groups in total. The van der Waals surface area contributed by atoms with E-state index in [1.807, 2.05) is 11.4 Å². The summed E-state index contributed by atoms with van der Waals surface area (Å²) in [6.07, 6.45) is -3.26. The number of aromatic nitrogens is 3. The molecule has 3 heterocycles. The topological polar surface area (TPSA) is 83.8 Å². The number of rotatable bonds is 5. The number of hydrogen-bond donors (Lipinski definition) is 2. The number of alkyl halides is 3. The summed E-state index contributed by atoms with van der Waals surface area (Å²) >= 11 is 1.26. The molecule has 14 heteroatoms. The molecule has 2 amide bonds. The van der Waals surface area contributed by atoms with Gasteiger partial charge in [0.25, 0.3) is 0 Å². The second-order valence-corrected chi connectivity index (χ2v) is 9.96. The average molecular weight is 608 g/mol. The van der Waals surface area contributed by atoms with Crippen LogP contribution < -0.4 is 15.1 Å². The molecular weight excluding hydrogens is 586 g/mol. The predicted molar refractivity (Wildman–Crippen MR) is 137 cm³/mol. The first-order valence-corrected chi connectivity index (χ1v) is 13.0. The first-order chi connectivity index (χ1) is 18.6. The van der Waals surface area contributed by atoms with Gasteiger partial charge in [0.2, 0.25) is 0 Å². The second kappa shape index (κ2) is 10.9. The summed E-state index contributed by atoms with van der Waals surface area (Å²) in [4.78, 5) is 18.8. The molecule has 0 saturated carbocycles. The molecule has 5 rings (SSSR count). The van der Waals surface area contributed by atoms with Crippen LogP contribution in [0, 0.1) is 11.6 Å². The van der Waals surface area contributed by atoms with E-state index in [0.717, 1.165) is 24.8 Å². The Bertz CT molecular complexity index is 1540. The molecule has 8 nitrogen and oxygen atoms in total. The molecule has 1 atom stereocenters. The number of nitrogens with zero attached hydrogens (tertiary/aromatic N) is 4. The molecule has 0 aliphatic carbocycles. The van der Waals surface area contributed by atoms with Crippen LogP contribution in [0.15, 0.2) is 48.8 Å². The molecule has 0 spiro atoms. The van der Waals surface area contributed by atoms with E-state index < -0.39 is 35.1 Å². The summed E-state index contributed by atoms with van der Waals surface area (Å²) in [6, 6.07) is 6.47. The van der Waals surface area contributed by atoms with Gasteiger partial charge in [0.15, 0.2) is 0 Å². The number of anilines is 2. The zero-order chi connectivity index (χ0) is 27.7. The molecule has 1 fully saturated rings. The van der Waals surface area contributed by atoms with E-state index in [-0.39, 0.29) is 11.3 Å². The van der Waals surface area contributed by atoms with Crippen molar-refractivity contribution in [2.75, 3.05) is 36.9 Å². The molecule has 1 aliphatic rings. The van der Waals surface area contributed by atoms with Gasteiger partial charge in [-0.1, -0.05) is 0 Å². The fourth-order valence-electron chi connectivity index (χ4n) is 4.33. The number of amides is 2. The maximum atomic E-state index is 15.4. The summed E-state index contributed by atoms with van der Waals surface area (Å²) in [7, 11) is 0. The summed E-state index contributed by atoms with van der Waals surface area (Å²) in [5.74, 6) is -1.70. The van der Waals surface area contributed by atoms with Gasteiger partial charge in [-0.3, -0.25) is 0 Å². The summed E-state index contributed by atoms with van der Waals surface area (Å²) in [5, 5.41) is 8.73. The van der Waals surface area contributed by atoms with Gasteiger partial charge in [-0.05, 0) is 12.1 Å². The van der Waals surface area contributed by atoms with Crippen LogP contribution in [0.4, 0.5) is 38.1 Å². The smallest absolute Gasteiger partial charge is 0.205 e. The zero-order valence-corrected chi connectivity index (χ0v) is 22.6. The summed E-state index contributed by atoms with van der Waals surface area (Å²) < 4.78 is 76.0. The van der Waals surface area contributed by atoms with Gasteiger partial charge in [0, 0.05) is 0 Å². The Balaban J connectivity index is 1.38. The number of nitrogens with one attached hydrogen (secondary N) is 2. The Kier molecular flexibility index (Phi) is 7.57. The van der Waals surface area contributed by atoms with E-state index in [9.17, 15) is 22.4 Å². The van der Waals surface area contributed by atoms with Gasteiger partial charge in [-0.15, -0.1) is 0 Å². The Morgan fingerprint density at radius 3 is 2.49 bits per heavy atom. The molecule has 4 aromatic rings. The molecule has 204 valence electrons. The molecule has 1 aliphatic heterocycles. The van der Waals surface area contributed by atoms with Crippen molar-refractivity contribution in [2.45, 2.75) is 12.7 Å². The minimum atomic E-state index is -4.71. The minimum absolute atomic E-state index is 0.0235. The Morgan fingerprint density at radius 1 is 1.00 bits per heavy atom. The first kappa shape index (κ1) is 27.0. The Labute approximate surface area is 227 Å². The minimum Gasteiger partial charge on any atom is -0.205 e. The zero-order valence-electron chi connectivity index (χ0n) is 20.2. The number of fused-ring (bicyclic) bond motifs is 1. The fraction of sp³-hybridized carbons (Fsp3) is 0.240. The molecule has 39 heavy (non-hydrogen) atoms. The Morgan fingerprint density at radius 2 is 1.77 bits per heavy atom. The number of morpholine rings is 1. The van der Waals surface area contributed by atoms with Gasteiger partial charge < -0.3 is 0 Å². The van der Waals surface area contributed by atoms with Crippen LogP contribution in [0.5, 0.6) is 0 Å². The third-order valence-corrected chi connectivity index (χ3v) is 7.09. The SMILES string of the molecule is O=C(Nc1ccc(-c2cc(CN3CCOCC3)n3ncnc([AsH2])c23)c(F)c1)Nc1cc(C(F)(F)F)ccc1F. The Hall–Kier alpha value is -3.54. The number of hydrogen-bond acceptors (Lipinski definition) is 5. The van der Waals surface area contributed by atoms with Crippen molar-refractivity contribution >= 4 is 44.3 Å². The van der Waals surface area contributed by atoms with E-state index in [2.05, 4.69) is 20.3 Å². The molecular formula is C25H22AsF5N6O2. The van der Waals surface area contributed by atoms with E-state index in [0.29, 0.717) is 53.5 Å². The van der Waals surface area contributed by atoms with Crippen molar-refractivity contribution in [1.29, 1.82) is 0 Å². The normalized spacial score (nSPS) is 14.5. The quantitative estimate of drug-likeness (QED) is 0.268. The van der Waals surface area contributed by atoms with Gasteiger partial charge in [-0.25, -0.2) is 4.39 Å². The predicted octanol–water partition coefficient (Wildman–Crippen LogP) is 3.43. The monoisotopic (exact) mass is 608 g/mol. The van der Waals surface area contributed by atoms with Crippen molar-refractivity contribution in [1.82, 2.24) is 19.5 Å². The second-order valence-electron chi connectivity index (χ2n) is 8.81.